The Morgan fingerprint density at radius 1 is 1.58 bits per heavy atom. The number of thioether (sulfide) groups is 1. The summed E-state index contributed by atoms with van der Waals surface area (Å²) in [7, 11) is 0. The van der Waals surface area contributed by atoms with Crippen molar-refractivity contribution in [1.29, 1.82) is 0 Å². The van der Waals surface area contributed by atoms with Crippen LogP contribution in [-0.4, -0.2) is 11.2 Å². The topological polar surface area (TPSA) is 43.1 Å². The molecule has 0 aromatic heterocycles. The Hall–Kier alpha value is -1.10. The van der Waals surface area contributed by atoms with E-state index < -0.39 is 16.4 Å². The molecule has 0 spiro atoms. The number of nitrogens with zero attached hydrogens (tertiary/aromatic N) is 1. The first-order valence-electron chi connectivity index (χ1n) is 3.13. The van der Waals surface area contributed by atoms with Crippen molar-refractivity contribution in [2.24, 2.45) is 0 Å². The minimum absolute atomic E-state index is 0.479. The van der Waals surface area contributed by atoms with E-state index in [9.17, 15) is 14.5 Å². The maximum atomic E-state index is 12.8. The zero-order valence-electron chi connectivity index (χ0n) is 6.28. The van der Waals surface area contributed by atoms with Crippen molar-refractivity contribution in [2.45, 2.75) is 4.90 Å². The largest absolute Gasteiger partial charge is 0.304 e. The molecule has 0 amide bonds. The van der Waals surface area contributed by atoms with Gasteiger partial charge in [-0.05, 0) is 18.4 Å². The van der Waals surface area contributed by atoms with E-state index in [4.69, 9.17) is 0 Å². The van der Waals surface area contributed by atoms with Crippen molar-refractivity contribution in [2.75, 3.05) is 6.26 Å². The van der Waals surface area contributed by atoms with Gasteiger partial charge in [-0.1, -0.05) is 0 Å². The zero-order chi connectivity index (χ0) is 9.14. The van der Waals surface area contributed by atoms with E-state index in [1.807, 2.05) is 0 Å². The maximum absolute atomic E-state index is 12.8. The molecule has 0 radical (unpaired) electrons. The van der Waals surface area contributed by atoms with Crippen LogP contribution in [0.5, 0.6) is 0 Å². The molecule has 0 bridgehead atoms. The number of rotatable bonds is 2. The van der Waals surface area contributed by atoms with Crippen molar-refractivity contribution in [3.05, 3.63) is 34.1 Å². The summed E-state index contributed by atoms with van der Waals surface area (Å²) in [5, 5.41) is 10.2. The SMILES string of the molecule is CSc1ccc([N+](=O)[O-])c(F)c1. The second-order valence-electron chi connectivity index (χ2n) is 2.07. The molecule has 0 saturated carbocycles. The second kappa shape index (κ2) is 3.53. The van der Waals surface area contributed by atoms with Gasteiger partial charge in [0.1, 0.15) is 0 Å². The molecule has 1 aromatic carbocycles. The third-order valence-corrected chi connectivity index (χ3v) is 2.08. The zero-order valence-corrected chi connectivity index (χ0v) is 7.10. The summed E-state index contributed by atoms with van der Waals surface area (Å²) >= 11 is 1.34. The summed E-state index contributed by atoms with van der Waals surface area (Å²) in [5.74, 6) is -0.785. The summed E-state index contributed by atoms with van der Waals surface area (Å²) in [6.07, 6.45) is 1.78. The van der Waals surface area contributed by atoms with Gasteiger partial charge in [-0.3, -0.25) is 10.1 Å². The fourth-order valence-corrected chi connectivity index (χ4v) is 1.19. The van der Waals surface area contributed by atoms with Gasteiger partial charge < -0.3 is 0 Å². The lowest BCUT2D eigenvalue weighted by atomic mass is 10.3. The molecular formula is C7H6FNO2S. The van der Waals surface area contributed by atoms with E-state index >= 15 is 0 Å². The molecule has 0 aliphatic heterocycles. The fourth-order valence-electron chi connectivity index (χ4n) is 0.763. The molecular weight excluding hydrogens is 181 g/mol. The van der Waals surface area contributed by atoms with Crippen LogP contribution in [0.4, 0.5) is 10.1 Å². The van der Waals surface area contributed by atoms with E-state index in [-0.39, 0.29) is 0 Å². The maximum Gasteiger partial charge on any atom is 0.304 e. The van der Waals surface area contributed by atoms with Gasteiger partial charge >= 0.3 is 5.69 Å². The second-order valence-corrected chi connectivity index (χ2v) is 2.95. The number of benzene rings is 1. The van der Waals surface area contributed by atoms with Crippen LogP contribution in [0.3, 0.4) is 0 Å². The Bertz CT molecular complexity index is 316. The molecule has 5 heteroatoms. The van der Waals surface area contributed by atoms with Crippen molar-refractivity contribution in [3.8, 4) is 0 Å². The van der Waals surface area contributed by atoms with Crippen LogP contribution in [0.2, 0.25) is 0 Å². The Morgan fingerprint density at radius 2 is 2.25 bits per heavy atom. The molecule has 0 aliphatic rings. The molecule has 1 rings (SSSR count). The molecule has 0 saturated heterocycles. The molecule has 64 valence electrons. The smallest absolute Gasteiger partial charge is 0.258 e. The average Bonchev–Trinajstić information content (AvgIpc) is 2.03. The third-order valence-electron chi connectivity index (χ3n) is 1.35. The van der Waals surface area contributed by atoms with E-state index in [0.717, 1.165) is 6.07 Å². The monoisotopic (exact) mass is 187 g/mol. The van der Waals surface area contributed by atoms with Gasteiger partial charge in [0.15, 0.2) is 0 Å². The summed E-state index contributed by atoms with van der Waals surface area (Å²) in [6.45, 7) is 0. The lowest BCUT2D eigenvalue weighted by Crippen LogP contribution is -1.91. The van der Waals surface area contributed by atoms with Crippen LogP contribution >= 0.6 is 11.8 Å². The van der Waals surface area contributed by atoms with Gasteiger partial charge in [-0.25, -0.2) is 0 Å². The van der Waals surface area contributed by atoms with Crippen LogP contribution in [0.25, 0.3) is 0 Å². The molecule has 3 nitrogen and oxygen atoms in total. The average molecular weight is 187 g/mol. The van der Waals surface area contributed by atoms with Crippen molar-refractivity contribution >= 4 is 17.4 Å². The normalized spacial score (nSPS) is 9.83. The Morgan fingerprint density at radius 3 is 2.67 bits per heavy atom. The highest BCUT2D eigenvalue weighted by Gasteiger charge is 2.12. The molecule has 0 unspecified atom stereocenters. The van der Waals surface area contributed by atoms with Crippen molar-refractivity contribution < 1.29 is 9.31 Å². The first-order chi connectivity index (χ1) is 5.65. The number of hydrogen-bond acceptors (Lipinski definition) is 3. The Balaban J connectivity index is 3.12. The van der Waals surface area contributed by atoms with Crippen LogP contribution in [0.15, 0.2) is 23.1 Å². The fraction of sp³-hybridized carbons (Fsp3) is 0.143. The molecule has 0 heterocycles. The molecule has 0 fully saturated rings. The molecule has 1 aromatic rings. The first-order valence-corrected chi connectivity index (χ1v) is 4.35. The number of hydrogen-bond donors (Lipinski definition) is 0. The summed E-state index contributed by atoms with van der Waals surface area (Å²) < 4.78 is 12.8. The Labute approximate surface area is 72.7 Å². The summed E-state index contributed by atoms with van der Waals surface area (Å²) in [6, 6.07) is 3.84. The van der Waals surface area contributed by atoms with E-state index in [1.54, 1.807) is 6.26 Å². The highest BCUT2D eigenvalue weighted by molar-refractivity contribution is 7.98. The van der Waals surface area contributed by atoms with Crippen LogP contribution in [-0.2, 0) is 0 Å². The lowest BCUT2D eigenvalue weighted by molar-refractivity contribution is -0.387. The minimum atomic E-state index is -0.785. The predicted octanol–water partition coefficient (Wildman–Crippen LogP) is 2.46. The van der Waals surface area contributed by atoms with E-state index in [2.05, 4.69) is 0 Å². The van der Waals surface area contributed by atoms with Gasteiger partial charge in [0.25, 0.3) is 0 Å². The van der Waals surface area contributed by atoms with E-state index in [0.29, 0.717) is 4.90 Å². The Kier molecular flexibility index (Phi) is 2.65. The van der Waals surface area contributed by atoms with E-state index in [1.165, 1.54) is 23.9 Å². The van der Waals surface area contributed by atoms with Crippen molar-refractivity contribution in [1.82, 2.24) is 0 Å². The van der Waals surface area contributed by atoms with Gasteiger partial charge in [-0.15, -0.1) is 11.8 Å². The molecule has 0 aliphatic carbocycles. The third kappa shape index (κ3) is 1.73. The minimum Gasteiger partial charge on any atom is -0.258 e. The number of nitro benzene ring substituents is 1. The van der Waals surface area contributed by atoms with Gasteiger partial charge in [0.2, 0.25) is 5.82 Å². The molecule has 12 heavy (non-hydrogen) atoms. The highest BCUT2D eigenvalue weighted by atomic mass is 32.2. The van der Waals surface area contributed by atoms with Gasteiger partial charge in [0, 0.05) is 11.0 Å². The quantitative estimate of drug-likeness (QED) is 0.405. The van der Waals surface area contributed by atoms with Crippen LogP contribution < -0.4 is 0 Å². The number of nitro groups is 1. The number of halogens is 1. The predicted molar refractivity (Wildman–Crippen MR) is 44.8 cm³/mol. The van der Waals surface area contributed by atoms with Crippen LogP contribution in [0, 0.1) is 15.9 Å². The van der Waals surface area contributed by atoms with Gasteiger partial charge in [-0.2, -0.15) is 4.39 Å². The lowest BCUT2D eigenvalue weighted by Gasteiger charge is -1.96. The summed E-state index contributed by atoms with van der Waals surface area (Å²) in [5.41, 5.74) is -0.479. The molecule has 0 atom stereocenters. The summed E-state index contributed by atoms with van der Waals surface area (Å²) in [4.78, 5) is 10.1. The van der Waals surface area contributed by atoms with Crippen molar-refractivity contribution in [3.63, 3.8) is 0 Å². The first kappa shape index (κ1) is 8.99. The standard InChI is InChI=1S/C7H6FNO2S/c1-12-5-2-3-7(9(10)11)6(8)4-5/h2-4H,1H3. The highest BCUT2D eigenvalue weighted by Crippen LogP contribution is 2.22. The van der Waals surface area contributed by atoms with Gasteiger partial charge in [0.05, 0.1) is 4.92 Å². The van der Waals surface area contributed by atoms with Crippen LogP contribution in [0.1, 0.15) is 0 Å². The molecule has 0 N–H and O–H groups in total.